The smallest absolute Gasteiger partial charge is 0.247 e. The zero-order valence-corrected chi connectivity index (χ0v) is 17.8. The van der Waals surface area contributed by atoms with E-state index < -0.39 is 0 Å². The second kappa shape index (κ2) is 8.39. The molecule has 0 N–H and O–H groups in total. The number of likely N-dealkylation sites (tertiary alicyclic amines) is 1. The van der Waals surface area contributed by atoms with Crippen molar-refractivity contribution in [3.05, 3.63) is 53.2 Å². The Kier molecular flexibility index (Phi) is 5.67. The Morgan fingerprint density at radius 2 is 1.93 bits per heavy atom. The molecule has 0 unspecified atom stereocenters. The van der Waals surface area contributed by atoms with Crippen molar-refractivity contribution >= 4 is 5.91 Å². The fourth-order valence-electron chi connectivity index (χ4n) is 4.11. The maximum absolute atomic E-state index is 13.0. The third kappa shape index (κ3) is 4.14. The van der Waals surface area contributed by atoms with E-state index in [9.17, 15) is 4.79 Å². The lowest BCUT2D eigenvalue weighted by Gasteiger charge is -2.19. The van der Waals surface area contributed by atoms with Gasteiger partial charge in [0, 0.05) is 36.7 Å². The molecular formula is C22H27N5O3. The van der Waals surface area contributed by atoms with Crippen LogP contribution in [0.3, 0.4) is 0 Å². The van der Waals surface area contributed by atoms with Crippen molar-refractivity contribution in [2.75, 3.05) is 33.7 Å². The minimum absolute atomic E-state index is 0.00554. The average molecular weight is 409 g/mol. The summed E-state index contributed by atoms with van der Waals surface area (Å²) < 4.78 is 11.2. The first kappa shape index (κ1) is 20.3. The molecule has 0 spiro atoms. The van der Waals surface area contributed by atoms with Gasteiger partial charge in [-0.1, -0.05) is 23.4 Å². The van der Waals surface area contributed by atoms with Crippen LogP contribution in [-0.4, -0.2) is 64.8 Å². The lowest BCUT2D eigenvalue weighted by molar-refractivity contribution is -0.129. The Bertz CT molecular complexity index is 991. The van der Waals surface area contributed by atoms with Gasteiger partial charge in [-0.15, -0.1) is 10.2 Å². The summed E-state index contributed by atoms with van der Waals surface area (Å²) in [6.07, 6.45) is 0.293. The number of nitrogens with zero attached hydrogens (tertiary/aromatic N) is 5. The summed E-state index contributed by atoms with van der Waals surface area (Å²) in [6.45, 7) is 5.77. The molecule has 0 aliphatic carbocycles. The van der Waals surface area contributed by atoms with Crippen molar-refractivity contribution in [3.8, 4) is 11.5 Å². The number of hydrogen-bond acceptors (Lipinski definition) is 7. The fraction of sp³-hybridized carbons (Fsp3) is 0.455. The Labute approximate surface area is 175 Å². The predicted molar refractivity (Wildman–Crippen MR) is 111 cm³/mol. The normalized spacial score (nSPS) is 19.0. The van der Waals surface area contributed by atoms with Crippen LogP contribution < -0.4 is 0 Å². The summed E-state index contributed by atoms with van der Waals surface area (Å²) in [5.74, 6) is 2.09. The average Bonchev–Trinajstić information content (AvgIpc) is 3.43. The van der Waals surface area contributed by atoms with Gasteiger partial charge in [0.25, 0.3) is 0 Å². The van der Waals surface area contributed by atoms with Gasteiger partial charge in [-0.3, -0.25) is 4.79 Å². The Morgan fingerprint density at radius 3 is 2.60 bits per heavy atom. The summed E-state index contributed by atoms with van der Waals surface area (Å²) in [7, 11) is 4.07. The molecule has 8 nitrogen and oxygen atoms in total. The van der Waals surface area contributed by atoms with Gasteiger partial charge in [0.05, 0.1) is 18.0 Å². The first-order chi connectivity index (χ1) is 14.4. The van der Waals surface area contributed by atoms with Crippen molar-refractivity contribution in [1.29, 1.82) is 0 Å². The van der Waals surface area contributed by atoms with E-state index in [1.807, 2.05) is 63.2 Å². The van der Waals surface area contributed by atoms with Gasteiger partial charge in [0.15, 0.2) is 0 Å². The van der Waals surface area contributed by atoms with E-state index in [1.165, 1.54) is 0 Å². The van der Waals surface area contributed by atoms with Gasteiger partial charge >= 0.3 is 0 Å². The lowest BCUT2D eigenvalue weighted by Crippen LogP contribution is -2.32. The largest absolute Gasteiger partial charge is 0.420 e. The van der Waals surface area contributed by atoms with E-state index in [0.717, 1.165) is 23.4 Å². The second-order valence-electron chi connectivity index (χ2n) is 8.22. The molecule has 30 heavy (non-hydrogen) atoms. The molecule has 8 heteroatoms. The van der Waals surface area contributed by atoms with Crippen LogP contribution in [0.1, 0.15) is 28.8 Å². The molecule has 158 valence electrons. The summed E-state index contributed by atoms with van der Waals surface area (Å²) in [6, 6.07) is 9.73. The molecule has 4 rings (SSSR count). The highest BCUT2D eigenvalue weighted by Gasteiger charge is 2.39. The fourth-order valence-corrected chi connectivity index (χ4v) is 4.11. The maximum atomic E-state index is 13.0. The molecule has 3 heterocycles. The number of amides is 1. The number of rotatable bonds is 6. The number of aromatic nitrogens is 3. The molecule has 2 atom stereocenters. The van der Waals surface area contributed by atoms with Crippen LogP contribution in [0.2, 0.25) is 0 Å². The molecule has 2 aromatic heterocycles. The molecule has 0 radical (unpaired) electrons. The monoisotopic (exact) mass is 409 g/mol. The van der Waals surface area contributed by atoms with E-state index >= 15 is 0 Å². The third-order valence-corrected chi connectivity index (χ3v) is 5.68. The highest BCUT2D eigenvalue weighted by Crippen LogP contribution is 2.34. The van der Waals surface area contributed by atoms with Gasteiger partial charge in [-0.05, 0) is 40.1 Å². The first-order valence-corrected chi connectivity index (χ1v) is 10.2. The minimum Gasteiger partial charge on any atom is -0.420 e. The predicted octanol–water partition coefficient (Wildman–Crippen LogP) is 2.69. The van der Waals surface area contributed by atoms with Gasteiger partial charge in [-0.25, -0.2) is 0 Å². The SMILES string of the molecule is Cc1noc(C)c1CC(=O)N1C[C@H](CN(C)C)[C@@H](c2nnc(-c3ccccc3)o2)C1. The number of carbonyl (C=O) groups is 1. The third-order valence-electron chi connectivity index (χ3n) is 5.68. The Morgan fingerprint density at radius 1 is 1.17 bits per heavy atom. The van der Waals surface area contributed by atoms with Crippen LogP contribution >= 0.6 is 0 Å². The number of aryl methyl sites for hydroxylation is 2. The summed E-state index contributed by atoms with van der Waals surface area (Å²) in [5.41, 5.74) is 2.53. The van der Waals surface area contributed by atoms with Gasteiger partial charge < -0.3 is 18.7 Å². The summed E-state index contributed by atoms with van der Waals surface area (Å²) >= 11 is 0. The number of hydrogen-bond donors (Lipinski definition) is 0. The van der Waals surface area contributed by atoms with Crippen molar-refractivity contribution < 1.29 is 13.7 Å². The van der Waals surface area contributed by atoms with E-state index in [1.54, 1.807) is 0 Å². The molecule has 0 saturated carbocycles. The van der Waals surface area contributed by atoms with Gasteiger partial charge in [0.1, 0.15) is 5.76 Å². The quantitative estimate of drug-likeness (QED) is 0.618. The zero-order chi connectivity index (χ0) is 21.3. The molecule has 1 aromatic carbocycles. The van der Waals surface area contributed by atoms with E-state index in [4.69, 9.17) is 8.94 Å². The first-order valence-electron chi connectivity index (χ1n) is 10.2. The maximum Gasteiger partial charge on any atom is 0.247 e. The summed E-state index contributed by atoms with van der Waals surface area (Å²) in [5, 5.41) is 12.5. The lowest BCUT2D eigenvalue weighted by atomic mass is 9.95. The standard InChI is InChI=1S/C22H27N5O3/c1-14-18(15(2)30-25-14)10-20(28)27-12-17(11-26(3)4)19(13-27)22-24-23-21(29-22)16-8-6-5-7-9-16/h5-9,17,19H,10-13H2,1-4H3/t17-,19-/m0/s1. The van der Waals surface area contributed by atoms with Crippen LogP contribution in [-0.2, 0) is 11.2 Å². The molecule has 0 bridgehead atoms. The van der Waals surface area contributed by atoms with Crippen LogP contribution in [0.15, 0.2) is 39.3 Å². The molecule has 1 fully saturated rings. The Hall–Kier alpha value is -3.00. The van der Waals surface area contributed by atoms with Crippen molar-refractivity contribution in [1.82, 2.24) is 25.2 Å². The van der Waals surface area contributed by atoms with Crippen molar-refractivity contribution in [3.63, 3.8) is 0 Å². The highest BCUT2D eigenvalue weighted by atomic mass is 16.5. The van der Waals surface area contributed by atoms with Crippen LogP contribution in [0.5, 0.6) is 0 Å². The second-order valence-corrected chi connectivity index (χ2v) is 8.22. The van der Waals surface area contributed by atoms with Gasteiger partial charge in [0.2, 0.25) is 17.7 Å². The van der Waals surface area contributed by atoms with Crippen LogP contribution in [0.4, 0.5) is 0 Å². The molecular weight excluding hydrogens is 382 g/mol. The van der Waals surface area contributed by atoms with E-state index in [-0.39, 0.29) is 17.7 Å². The van der Waals surface area contributed by atoms with E-state index in [0.29, 0.717) is 37.1 Å². The minimum atomic E-state index is 0.00554. The highest BCUT2D eigenvalue weighted by molar-refractivity contribution is 5.79. The number of benzene rings is 1. The topological polar surface area (TPSA) is 88.5 Å². The molecule has 1 amide bonds. The Balaban J connectivity index is 1.53. The molecule has 1 aliphatic rings. The van der Waals surface area contributed by atoms with Crippen LogP contribution in [0, 0.1) is 19.8 Å². The number of carbonyl (C=O) groups excluding carboxylic acids is 1. The summed E-state index contributed by atoms with van der Waals surface area (Å²) in [4.78, 5) is 17.1. The molecule has 1 saturated heterocycles. The van der Waals surface area contributed by atoms with E-state index in [2.05, 4.69) is 20.3 Å². The van der Waals surface area contributed by atoms with Gasteiger partial charge in [-0.2, -0.15) is 0 Å². The van der Waals surface area contributed by atoms with Crippen molar-refractivity contribution in [2.45, 2.75) is 26.2 Å². The zero-order valence-electron chi connectivity index (χ0n) is 17.8. The molecule has 3 aromatic rings. The van der Waals surface area contributed by atoms with Crippen molar-refractivity contribution in [2.24, 2.45) is 5.92 Å². The molecule has 1 aliphatic heterocycles. The van der Waals surface area contributed by atoms with Crippen LogP contribution in [0.25, 0.3) is 11.5 Å².